The predicted octanol–water partition coefficient (Wildman–Crippen LogP) is 2.47. The average Bonchev–Trinajstić information content (AvgIpc) is 2.61. The Morgan fingerprint density at radius 1 is 1.22 bits per heavy atom. The van der Waals surface area contributed by atoms with E-state index in [9.17, 15) is 4.79 Å². The summed E-state index contributed by atoms with van der Waals surface area (Å²) in [6.07, 6.45) is 4.07. The first-order valence-electron chi connectivity index (χ1n) is 7.39. The van der Waals surface area contributed by atoms with Crippen LogP contribution in [0.3, 0.4) is 0 Å². The Bertz CT molecular complexity index is 754. The molecule has 0 bridgehead atoms. The number of benzene rings is 1. The van der Waals surface area contributed by atoms with E-state index in [0.717, 1.165) is 29.8 Å². The number of rotatable bonds is 4. The van der Waals surface area contributed by atoms with Crippen LogP contribution in [-0.4, -0.2) is 31.5 Å². The van der Waals surface area contributed by atoms with Gasteiger partial charge in [0, 0.05) is 30.1 Å². The highest BCUT2D eigenvalue weighted by Crippen LogP contribution is 2.34. The molecule has 1 N–H and O–H groups in total. The molecule has 5 nitrogen and oxygen atoms in total. The first-order valence-corrected chi connectivity index (χ1v) is 7.39. The number of allylic oxidation sites excluding steroid dienone is 1. The molecule has 1 aliphatic rings. The number of nitrogens with one attached hydrogen (secondary N) is 1. The molecular weight excluding hydrogens is 292 g/mol. The van der Waals surface area contributed by atoms with Crippen LogP contribution in [0.15, 0.2) is 42.6 Å². The van der Waals surface area contributed by atoms with Crippen molar-refractivity contribution < 1.29 is 14.3 Å². The van der Waals surface area contributed by atoms with Crippen molar-refractivity contribution in [3.05, 3.63) is 59.4 Å². The second-order valence-electron chi connectivity index (χ2n) is 5.18. The maximum absolute atomic E-state index is 12.4. The lowest BCUT2D eigenvalue weighted by molar-refractivity contribution is 0.104. The number of ketones is 1. The molecule has 2 aromatic rings. The smallest absolute Gasteiger partial charge is 0.206 e. The number of fused-ring (bicyclic) bond motifs is 1. The third kappa shape index (κ3) is 3.04. The molecule has 3 rings (SSSR count). The molecule has 0 unspecified atom stereocenters. The molecule has 1 aliphatic heterocycles. The Hall–Kier alpha value is -2.82. The number of hydrogen-bond donors (Lipinski definition) is 1. The van der Waals surface area contributed by atoms with Crippen molar-refractivity contribution in [2.45, 2.75) is 6.42 Å². The van der Waals surface area contributed by atoms with Gasteiger partial charge in [-0.3, -0.25) is 9.78 Å². The summed E-state index contributed by atoms with van der Waals surface area (Å²) in [6, 6.07) is 9.16. The molecule has 0 atom stereocenters. The lowest BCUT2D eigenvalue weighted by Gasteiger charge is -2.23. The van der Waals surface area contributed by atoms with Gasteiger partial charge in [0.15, 0.2) is 11.5 Å². The molecule has 5 heteroatoms. The molecule has 0 fully saturated rings. The highest BCUT2D eigenvalue weighted by atomic mass is 16.5. The molecule has 2 heterocycles. The second kappa shape index (κ2) is 6.52. The van der Waals surface area contributed by atoms with Crippen molar-refractivity contribution in [2.75, 3.05) is 20.8 Å². The molecule has 0 saturated carbocycles. The summed E-state index contributed by atoms with van der Waals surface area (Å²) in [6.45, 7) is 0.768. The van der Waals surface area contributed by atoms with Crippen LogP contribution >= 0.6 is 0 Å². The number of ether oxygens (including phenoxy) is 2. The van der Waals surface area contributed by atoms with E-state index >= 15 is 0 Å². The molecule has 1 aromatic heterocycles. The topological polar surface area (TPSA) is 60.5 Å². The summed E-state index contributed by atoms with van der Waals surface area (Å²) >= 11 is 0. The van der Waals surface area contributed by atoms with Gasteiger partial charge in [-0.25, -0.2) is 0 Å². The summed E-state index contributed by atoms with van der Waals surface area (Å²) in [4.78, 5) is 16.5. The summed E-state index contributed by atoms with van der Waals surface area (Å²) in [5.74, 6) is 1.21. The summed E-state index contributed by atoms with van der Waals surface area (Å²) in [7, 11) is 3.22. The first-order chi connectivity index (χ1) is 11.2. The van der Waals surface area contributed by atoms with E-state index in [1.807, 2.05) is 12.1 Å². The Balaban J connectivity index is 2.01. The zero-order chi connectivity index (χ0) is 16.2. The molecule has 0 aliphatic carbocycles. The zero-order valence-corrected chi connectivity index (χ0v) is 13.1. The third-order valence-corrected chi connectivity index (χ3v) is 3.80. The maximum Gasteiger partial charge on any atom is 0.206 e. The standard InChI is InChI=1S/C18H18N2O3/c1-22-17-9-12-6-8-20-15(13(12)10-18(17)23-2)11-16(21)14-5-3-4-7-19-14/h3-5,7,9-11,20H,6,8H2,1-2H3/b15-11-. The van der Waals surface area contributed by atoms with Crippen molar-refractivity contribution in [3.8, 4) is 11.5 Å². The van der Waals surface area contributed by atoms with Gasteiger partial charge in [-0.05, 0) is 36.2 Å². The summed E-state index contributed by atoms with van der Waals surface area (Å²) in [5.41, 5.74) is 3.29. The van der Waals surface area contributed by atoms with Crippen LogP contribution in [0.4, 0.5) is 0 Å². The molecule has 118 valence electrons. The minimum absolute atomic E-state index is 0.129. The number of carbonyl (C=O) groups excluding carboxylic acids is 1. The van der Waals surface area contributed by atoms with E-state index in [0.29, 0.717) is 17.2 Å². The van der Waals surface area contributed by atoms with E-state index < -0.39 is 0 Å². The first kappa shape index (κ1) is 15.1. The molecule has 23 heavy (non-hydrogen) atoms. The SMILES string of the molecule is COc1cc2c(cc1OC)/C(=C/C(=O)c1ccccn1)NCC2. The van der Waals surface area contributed by atoms with Crippen LogP contribution < -0.4 is 14.8 Å². The van der Waals surface area contributed by atoms with Crippen LogP contribution in [0.5, 0.6) is 11.5 Å². The predicted molar refractivity (Wildman–Crippen MR) is 87.8 cm³/mol. The van der Waals surface area contributed by atoms with E-state index in [1.165, 1.54) is 0 Å². The molecule has 0 radical (unpaired) electrons. The molecule has 0 amide bonds. The van der Waals surface area contributed by atoms with Gasteiger partial charge in [0.05, 0.1) is 14.2 Å². The largest absolute Gasteiger partial charge is 0.493 e. The van der Waals surface area contributed by atoms with Crippen molar-refractivity contribution in [1.29, 1.82) is 0 Å². The van der Waals surface area contributed by atoms with Crippen molar-refractivity contribution in [1.82, 2.24) is 10.3 Å². The zero-order valence-electron chi connectivity index (χ0n) is 13.1. The van der Waals surface area contributed by atoms with Gasteiger partial charge in [-0.15, -0.1) is 0 Å². The van der Waals surface area contributed by atoms with E-state index in [-0.39, 0.29) is 5.78 Å². The fourth-order valence-corrected chi connectivity index (χ4v) is 2.65. The van der Waals surface area contributed by atoms with Crippen LogP contribution in [0.25, 0.3) is 5.70 Å². The monoisotopic (exact) mass is 310 g/mol. The minimum Gasteiger partial charge on any atom is -0.493 e. The molecule has 1 aromatic carbocycles. The van der Waals surface area contributed by atoms with Crippen LogP contribution in [0.2, 0.25) is 0 Å². The maximum atomic E-state index is 12.4. The fraction of sp³-hybridized carbons (Fsp3) is 0.222. The summed E-state index contributed by atoms with van der Waals surface area (Å²) in [5, 5.41) is 3.28. The lowest BCUT2D eigenvalue weighted by atomic mass is 9.96. The molecular formula is C18H18N2O3. The lowest BCUT2D eigenvalue weighted by Crippen LogP contribution is -2.23. The number of hydrogen-bond acceptors (Lipinski definition) is 5. The quantitative estimate of drug-likeness (QED) is 0.694. The highest BCUT2D eigenvalue weighted by molar-refractivity contribution is 6.07. The van der Waals surface area contributed by atoms with Gasteiger partial charge >= 0.3 is 0 Å². The Morgan fingerprint density at radius 3 is 2.70 bits per heavy atom. The van der Waals surface area contributed by atoms with Gasteiger partial charge in [0.25, 0.3) is 0 Å². The number of nitrogens with zero attached hydrogens (tertiary/aromatic N) is 1. The summed E-state index contributed by atoms with van der Waals surface area (Å²) < 4.78 is 10.7. The number of carbonyl (C=O) groups is 1. The van der Waals surface area contributed by atoms with Gasteiger partial charge in [0.1, 0.15) is 5.69 Å². The normalized spacial score (nSPS) is 14.8. The van der Waals surface area contributed by atoms with E-state index in [1.54, 1.807) is 44.7 Å². The van der Waals surface area contributed by atoms with Crippen molar-refractivity contribution >= 4 is 11.5 Å². The fourth-order valence-electron chi connectivity index (χ4n) is 2.65. The van der Waals surface area contributed by atoms with Gasteiger partial charge in [0.2, 0.25) is 5.78 Å². The minimum atomic E-state index is -0.129. The van der Waals surface area contributed by atoms with Gasteiger partial charge in [-0.2, -0.15) is 0 Å². The van der Waals surface area contributed by atoms with Crippen LogP contribution in [0.1, 0.15) is 21.6 Å². The third-order valence-electron chi connectivity index (χ3n) is 3.80. The number of pyridine rings is 1. The van der Waals surface area contributed by atoms with Crippen molar-refractivity contribution in [2.24, 2.45) is 0 Å². The van der Waals surface area contributed by atoms with Crippen LogP contribution in [-0.2, 0) is 6.42 Å². The van der Waals surface area contributed by atoms with E-state index in [2.05, 4.69) is 10.3 Å². The van der Waals surface area contributed by atoms with E-state index in [4.69, 9.17) is 9.47 Å². The molecule has 0 saturated heterocycles. The van der Waals surface area contributed by atoms with Gasteiger partial charge < -0.3 is 14.8 Å². The second-order valence-corrected chi connectivity index (χ2v) is 5.18. The Morgan fingerprint density at radius 2 is 2.00 bits per heavy atom. The Kier molecular flexibility index (Phi) is 4.28. The highest BCUT2D eigenvalue weighted by Gasteiger charge is 2.19. The number of aromatic nitrogens is 1. The van der Waals surface area contributed by atoms with Crippen LogP contribution in [0, 0.1) is 0 Å². The Labute approximate surface area is 135 Å². The number of methoxy groups -OCH3 is 2. The average molecular weight is 310 g/mol. The van der Waals surface area contributed by atoms with Gasteiger partial charge in [-0.1, -0.05) is 6.07 Å². The molecule has 0 spiro atoms. The van der Waals surface area contributed by atoms with Crippen molar-refractivity contribution in [3.63, 3.8) is 0 Å².